The molecule has 0 aromatic carbocycles. The standard InChI is InChI=1S/C11H14N2O3S/c14-10(15)8-3-5-13(6-4-8)11(16)12-9-2-1-7-17-9/h1-2,7-8H,3-6H2,(H,12,16)(H,14,15). The maximum Gasteiger partial charge on any atom is 0.322 e. The molecule has 2 rings (SSSR count). The predicted molar refractivity (Wildman–Crippen MR) is 65.3 cm³/mol. The van der Waals surface area contributed by atoms with Gasteiger partial charge in [0.15, 0.2) is 0 Å². The van der Waals surface area contributed by atoms with Gasteiger partial charge >= 0.3 is 12.0 Å². The Morgan fingerprint density at radius 2 is 2.12 bits per heavy atom. The van der Waals surface area contributed by atoms with Gasteiger partial charge in [-0.15, -0.1) is 11.3 Å². The average Bonchev–Trinajstić information content (AvgIpc) is 2.82. The van der Waals surface area contributed by atoms with E-state index in [4.69, 9.17) is 5.11 Å². The summed E-state index contributed by atoms with van der Waals surface area (Å²) in [5, 5.41) is 14.4. The van der Waals surface area contributed by atoms with E-state index in [1.54, 1.807) is 4.90 Å². The van der Waals surface area contributed by atoms with Gasteiger partial charge in [0, 0.05) is 13.1 Å². The van der Waals surface area contributed by atoms with E-state index in [9.17, 15) is 9.59 Å². The molecule has 2 heterocycles. The number of urea groups is 1. The molecule has 0 radical (unpaired) electrons. The number of hydrogen-bond donors (Lipinski definition) is 2. The van der Waals surface area contributed by atoms with Gasteiger partial charge in [-0.05, 0) is 30.4 Å². The summed E-state index contributed by atoms with van der Waals surface area (Å²) in [6, 6.07) is 3.57. The second-order valence-corrected chi connectivity index (χ2v) is 4.95. The first-order valence-corrected chi connectivity index (χ1v) is 6.37. The van der Waals surface area contributed by atoms with Crippen LogP contribution in [0.5, 0.6) is 0 Å². The maximum atomic E-state index is 11.8. The molecule has 1 saturated heterocycles. The van der Waals surface area contributed by atoms with Crippen molar-refractivity contribution in [1.82, 2.24) is 4.90 Å². The van der Waals surface area contributed by atoms with Crippen LogP contribution in [0.3, 0.4) is 0 Å². The molecule has 5 nitrogen and oxygen atoms in total. The van der Waals surface area contributed by atoms with Crippen molar-refractivity contribution in [2.45, 2.75) is 12.8 Å². The summed E-state index contributed by atoms with van der Waals surface area (Å²) in [6.07, 6.45) is 1.07. The second-order valence-electron chi connectivity index (χ2n) is 4.01. The highest BCUT2D eigenvalue weighted by Crippen LogP contribution is 2.20. The highest BCUT2D eigenvalue weighted by molar-refractivity contribution is 7.14. The van der Waals surface area contributed by atoms with Crippen molar-refractivity contribution in [2.24, 2.45) is 5.92 Å². The van der Waals surface area contributed by atoms with Gasteiger partial charge in [0.25, 0.3) is 0 Å². The average molecular weight is 254 g/mol. The molecule has 2 N–H and O–H groups in total. The minimum Gasteiger partial charge on any atom is -0.481 e. The molecule has 17 heavy (non-hydrogen) atoms. The number of nitrogens with one attached hydrogen (secondary N) is 1. The fourth-order valence-electron chi connectivity index (χ4n) is 1.86. The van der Waals surface area contributed by atoms with Crippen LogP contribution in [0, 0.1) is 5.92 Å². The van der Waals surface area contributed by atoms with Gasteiger partial charge in [0.05, 0.1) is 10.9 Å². The number of amides is 2. The van der Waals surface area contributed by atoms with Crippen LogP contribution >= 0.6 is 11.3 Å². The molecular weight excluding hydrogens is 240 g/mol. The summed E-state index contributed by atoms with van der Waals surface area (Å²) in [4.78, 5) is 24.3. The van der Waals surface area contributed by atoms with E-state index in [1.165, 1.54) is 11.3 Å². The number of rotatable bonds is 2. The first kappa shape index (κ1) is 11.9. The SMILES string of the molecule is O=C(O)C1CCN(C(=O)Nc2cccs2)CC1. The van der Waals surface area contributed by atoms with Crippen molar-refractivity contribution in [3.05, 3.63) is 17.5 Å². The minimum atomic E-state index is -0.761. The molecule has 0 bridgehead atoms. The fourth-order valence-corrected chi connectivity index (χ4v) is 2.47. The van der Waals surface area contributed by atoms with Crippen LogP contribution in [0.2, 0.25) is 0 Å². The first-order valence-electron chi connectivity index (χ1n) is 5.49. The number of aliphatic carboxylic acids is 1. The Hall–Kier alpha value is -1.56. The molecule has 2 amide bonds. The Balaban J connectivity index is 1.84. The smallest absolute Gasteiger partial charge is 0.322 e. The number of thiophene rings is 1. The maximum absolute atomic E-state index is 11.8. The Morgan fingerprint density at radius 3 is 2.65 bits per heavy atom. The Bertz CT molecular complexity index is 397. The predicted octanol–water partition coefficient (Wildman–Crippen LogP) is 2.08. The van der Waals surface area contributed by atoms with Crippen molar-refractivity contribution >= 4 is 28.3 Å². The normalized spacial score (nSPS) is 16.8. The molecular formula is C11H14N2O3S. The number of nitrogens with zero attached hydrogens (tertiary/aromatic N) is 1. The molecule has 0 aliphatic carbocycles. The first-order chi connectivity index (χ1) is 8.16. The van der Waals surface area contributed by atoms with Crippen LogP contribution in [0.4, 0.5) is 9.80 Å². The minimum absolute atomic E-state index is 0.142. The number of piperidine rings is 1. The van der Waals surface area contributed by atoms with E-state index in [1.807, 2.05) is 17.5 Å². The van der Waals surface area contributed by atoms with Crippen molar-refractivity contribution in [1.29, 1.82) is 0 Å². The Labute approximate surface area is 103 Å². The highest BCUT2D eigenvalue weighted by Gasteiger charge is 2.26. The van der Waals surface area contributed by atoms with Crippen molar-refractivity contribution in [3.8, 4) is 0 Å². The van der Waals surface area contributed by atoms with Crippen LogP contribution < -0.4 is 5.32 Å². The van der Waals surface area contributed by atoms with E-state index in [0.717, 1.165) is 5.00 Å². The molecule has 6 heteroatoms. The third-order valence-electron chi connectivity index (χ3n) is 2.88. The number of hydrogen-bond acceptors (Lipinski definition) is 3. The van der Waals surface area contributed by atoms with E-state index in [0.29, 0.717) is 25.9 Å². The summed E-state index contributed by atoms with van der Waals surface area (Å²) in [5.41, 5.74) is 0. The lowest BCUT2D eigenvalue weighted by atomic mass is 9.97. The lowest BCUT2D eigenvalue weighted by molar-refractivity contribution is -0.143. The monoisotopic (exact) mass is 254 g/mol. The van der Waals surface area contributed by atoms with Crippen molar-refractivity contribution in [3.63, 3.8) is 0 Å². The number of carbonyl (C=O) groups excluding carboxylic acids is 1. The summed E-state index contributed by atoms with van der Waals surface area (Å²) in [5.74, 6) is -1.07. The quantitative estimate of drug-likeness (QED) is 0.849. The van der Waals surface area contributed by atoms with E-state index < -0.39 is 5.97 Å². The summed E-state index contributed by atoms with van der Waals surface area (Å²) < 4.78 is 0. The lowest BCUT2D eigenvalue weighted by Crippen LogP contribution is -2.42. The third-order valence-corrected chi connectivity index (χ3v) is 3.67. The Morgan fingerprint density at radius 1 is 1.41 bits per heavy atom. The summed E-state index contributed by atoms with van der Waals surface area (Å²) in [7, 11) is 0. The Kier molecular flexibility index (Phi) is 3.63. The van der Waals surface area contributed by atoms with Gasteiger partial charge < -0.3 is 10.0 Å². The van der Waals surface area contributed by atoms with Gasteiger partial charge in [0.1, 0.15) is 0 Å². The van der Waals surface area contributed by atoms with Crippen molar-refractivity contribution < 1.29 is 14.7 Å². The molecule has 1 aromatic rings. The molecule has 1 aromatic heterocycles. The number of carboxylic acids is 1. The number of carbonyl (C=O) groups is 2. The third kappa shape index (κ3) is 2.97. The van der Waals surface area contributed by atoms with E-state index in [2.05, 4.69) is 5.32 Å². The zero-order valence-electron chi connectivity index (χ0n) is 9.26. The molecule has 0 spiro atoms. The van der Waals surface area contributed by atoms with Crippen LogP contribution in [-0.4, -0.2) is 35.1 Å². The molecule has 0 atom stereocenters. The number of carboxylic acid groups (broad SMARTS) is 1. The number of likely N-dealkylation sites (tertiary alicyclic amines) is 1. The molecule has 1 fully saturated rings. The van der Waals surface area contributed by atoms with Gasteiger partial charge in [-0.25, -0.2) is 4.79 Å². The zero-order valence-corrected chi connectivity index (χ0v) is 10.1. The highest BCUT2D eigenvalue weighted by atomic mass is 32.1. The zero-order chi connectivity index (χ0) is 12.3. The van der Waals surface area contributed by atoms with Crippen molar-refractivity contribution in [2.75, 3.05) is 18.4 Å². The summed E-state index contributed by atoms with van der Waals surface area (Å²) in [6.45, 7) is 1.02. The van der Waals surface area contributed by atoms with E-state index in [-0.39, 0.29) is 11.9 Å². The van der Waals surface area contributed by atoms with Crippen LogP contribution in [-0.2, 0) is 4.79 Å². The van der Waals surface area contributed by atoms with Gasteiger partial charge in [-0.1, -0.05) is 0 Å². The molecule has 92 valence electrons. The van der Waals surface area contributed by atoms with Gasteiger partial charge in [-0.3, -0.25) is 10.1 Å². The fraction of sp³-hybridized carbons (Fsp3) is 0.455. The second kappa shape index (κ2) is 5.18. The summed E-state index contributed by atoms with van der Waals surface area (Å²) >= 11 is 1.47. The molecule has 0 unspecified atom stereocenters. The largest absolute Gasteiger partial charge is 0.481 e. The van der Waals surface area contributed by atoms with E-state index >= 15 is 0 Å². The lowest BCUT2D eigenvalue weighted by Gasteiger charge is -2.29. The van der Waals surface area contributed by atoms with Crippen LogP contribution in [0.15, 0.2) is 17.5 Å². The van der Waals surface area contributed by atoms with Crippen LogP contribution in [0.25, 0.3) is 0 Å². The number of anilines is 1. The topological polar surface area (TPSA) is 69.6 Å². The van der Waals surface area contributed by atoms with Gasteiger partial charge in [0.2, 0.25) is 0 Å². The van der Waals surface area contributed by atoms with Crippen LogP contribution in [0.1, 0.15) is 12.8 Å². The molecule has 1 aliphatic heterocycles. The van der Waals surface area contributed by atoms with Gasteiger partial charge in [-0.2, -0.15) is 0 Å². The molecule has 0 saturated carbocycles. The molecule has 1 aliphatic rings.